The minimum absolute atomic E-state index is 0.115. The van der Waals surface area contributed by atoms with Crippen molar-refractivity contribution in [1.29, 1.82) is 0 Å². The fourth-order valence-electron chi connectivity index (χ4n) is 1.72. The van der Waals surface area contributed by atoms with Gasteiger partial charge in [-0.15, -0.1) is 0 Å². The quantitative estimate of drug-likeness (QED) is 0.470. The summed E-state index contributed by atoms with van der Waals surface area (Å²) in [6, 6.07) is 0. The van der Waals surface area contributed by atoms with Crippen LogP contribution in [0.1, 0.15) is 33.6 Å². The fraction of sp³-hybridized carbons (Fsp3) is 0.692. The summed E-state index contributed by atoms with van der Waals surface area (Å²) in [5, 5.41) is 16.9. The summed E-state index contributed by atoms with van der Waals surface area (Å²) in [6.07, 6.45) is -2.11. The van der Waals surface area contributed by atoms with Crippen LogP contribution in [0.3, 0.4) is 0 Å². The molecule has 0 spiro atoms. The molecule has 0 aliphatic heterocycles. The van der Waals surface area contributed by atoms with Crippen molar-refractivity contribution in [2.75, 3.05) is 6.61 Å². The smallest absolute Gasteiger partial charge is 0.317 e. The molecule has 0 radical (unpaired) electrons. The molecule has 0 saturated heterocycles. The zero-order valence-corrected chi connectivity index (χ0v) is 12.2. The highest BCUT2D eigenvalue weighted by Crippen LogP contribution is 2.18. The van der Waals surface area contributed by atoms with Crippen LogP contribution < -0.4 is 0 Å². The summed E-state index contributed by atoms with van der Waals surface area (Å²) in [4.78, 5) is 43.2. The summed E-state index contributed by atoms with van der Waals surface area (Å²) in [6.45, 7) is 5.09. The zero-order valence-electron chi connectivity index (χ0n) is 12.2. The van der Waals surface area contributed by atoms with Gasteiger partial charge in [0.15, 0.2) is 0 Å². The first-order chi connectivity index (χ1) is 9.63. The Morgan fingerprint density at radius 1 is 0.905 bits per heavy atom. The van der Waals surface area contributed by atoms with Crippen molar-refractivity contribution >= 4 is 23.9 Å². The predicted octanol–water partition coefficient (Wildman–Crippen LogP) is 0.683. The van der Waals surface area contributed by atoms with Gasteiger partial charge in [0.05, 0.1) is 6.61 Å². The number of hydrogen-bond acceptors (Lipinski definition) is 6. The molecule has 0 aliphatic carbocycles. The predicted molar refractivity (Wildman–Crippen MR) is 69.3 cm³/mol. The Bertz CT molecular complexity index is 401. The lowest BCUT2D eigenvalue weighted by molar-refractivity contribution is -0.161. The molecule has 0 amide bonds. The molecule has 0 aromatic carbocycles. The third-order valence-corrected chi connectivity index (χ3v) is 2.58. The number of hydrogen-bond donors (Lipinski definition) is 2. The summed E-state index contributed by atoms with van der Waals surface area (Å²) < 4.78 is 9.85. The van der Waals surface area contributed by atoms with Crippen LogP contribution in [0.2, 0.25) is 0 Å². The highest BCUT2D eigenvalue weighted by atomic mass is 16.6. The summed E-state index contributed by atoms with van der Waals surface area (Å²) in [7, 11) is 0. The molecule has 2 unspecified atom stereocenters. The number of ether oxygens (including phenoxy) is 2. The van der Waals surface area contributed by atoms with Gasteiger partial charge in [0.1, 0.15) is 18.9 Å². The zero-order chi connectivity index (χ0) is 16.6. The minimum atomic E-state index is -1.29. The second kappa shape index (κ2) is 8.93. The molecule has 0 aromatic heterocycles. The van der Waals surface area contributed by atoms with E-state index in [0.717, 1.165) is 0 Å². The van der Waals surface area contributed by atoms with E-state index < -0.39 is 42.8 Å². The number of carboxylic acid groups (broad SMARTS) is 2. The molecular weight excluding hydrogens is 284 g/mol. The van der Waals surface area contributed by atoms with Gasteiger partial charge in [-0.1, -0.05) is 20.8 Å². The van der Waals surface area contributed by atoms with Crippen molar-refractivity contribution in [3.63, 3.8) is 0 Å². The monoisotopic (exact) mass is 304 g/mol. The fourth-order valence-corrected chi connectivity index (χ4v) is 1.72. The molecule has 0 rings (SSSR count). The third-order valence-electron chi connectivity index (χ3n) is 2.58. The Hall–Kier alpha value is -2.12. The summed E-state index contributed by atoms with van der Waals surface area (Å²) in [5.41, 5.74) is 0. The number of carbonyl (C=O) groups excluding carboxylic acids is 2. The molecule has 8 heteroatoms. The maximum absolute atomic E-state index is 11.4. The van der Waals surface area contributed by atoms with Crippen LogP contribution in [-0.2, 0) is 28.7 Å². The first-order valence-electron chi connectivity index (χ1n) is 6.42. The van der Waals surface area contributed by atoms with E-state index in [1.807, 2.05) is 0 Å². The van der Waals surface area contributed by atoms with Gasteiger partial charge in [0.2, 0.25) is 0 Å². The molecule has 0 fully saturated rings. The maximum atomic E-state index is 11.4. The molecule has 8 nitrogen and oxygen atoms in total. The maximum Gasteiger partial charge on any atom is 0.317 e. The molecule has 0 bridgehead atoms. The van der Waals surface area contributed by atoms with Crippen molar-refractivity contribution in [2.24, 2.45) is 11.8 Å². The highest BCUT2D eigenvalue weighted by Gasteiger charge is 2.27. The van der Waals surface area contributed by atoms with Gasteiger partial charge in [-0.3, -0.25) is 19.2 Å². The Morgan fingerprint density at radius 2 is 1.38 bits per heavy atom. The number of rotatable bonds is 9. The Kier molecular flexibility index (Phi) is 8.03. The van der Waals surface area contributed by atoms with Crippen LogP contribution in [0.4, 0.5) is 0 Å². The first-order valence-corrected chi connectivity index (χ1v) is 6.42. The van der Waals surface area contributed by atoms with Crippen LogP contribution in [0.25, 0.3) is 0 Å². The third kappa shape index (κ3) is 8.61. The molecule has 0 aliphatic rings. The van der Waals surface area contributed by atoms with Crippen LogP contribution in [0, 0.1) is 11.8 Å². The normalized spacial score (nSPS) is 13.3. The van der Waals surface area contributed by atoms with Gasteiger partial charge >= 0.3 is 23.9 Å². The van der Waals surface area contributed by atoms with E-state index >= 15 is 0 Å². The van der Waals surface area contributed by atoms with Gasteiger partial charge in [-0.05, 0) is 5.92 Å². The van der Waals surface area contributed by atoms with E-state index in [-0.39, 0.29) is 18.4 Å². The van der Waals surface area contributed by atoms with Crippen molar-refractivity contribution in [3.05, 3.63) is 0 Å². The van der Waals surface area contributed by atoms with Crippen LogP contribution in [0.5, 0.6) is 0 Å². The largest absolute Gasteiger partial charge is 0.481 e. The van der Waals surface area contributed by atoms with E-state index in [2.05, 4.69) is 0 Å². The van der Waals surface area contributed by atoms with E-state index in [9.17, 15) is 19.2 Å². The number of esters is 2. The minimum Gasteiger partial charge on any atom is -0.481 e. The van der Waals surface area contributed by atoms with E-state index in [1.165, 1.54) is 0 Å². The van der Waals surface area contributed by atoms with E-state index in [1.54, 1.807) is 20.8 Å². The highest BCUT2D eigenvalue weighted by molar-refractivity contribution is 5.90. The number of carbonyl (C=O) groups is 4. The van der Waals surface area contributed by atoms with Gasteiger partial charge in [0.25, 0.3) is 0 Å². The first kappa shape index (κ1) is 18.9. The second-order valence-corrected chi connectivity index (χ2v) is 5.00. The SMILES string of the molecule is CC(C)C(OC(=O)CC(=O)O)C(C)COC(=O)CC(=O)O. The van der Waals surface area contributed by atoms with Crippen molar-refractivity contribution in [2.45, 2.75) is 39.7 Å². The topological polar surface area (TPSA) is 127 Å². The number of aliphatic carboxylic acids is 2. The molecular formula is C13H20O8. The Labute approximate surface area is 122 Å². The summed E-state index contributed by atoms with van der Waals surface area (Å²) in [5.74, 6) is -4.83. The average molecular weight is 304 g/mol. The lowest BCUT2D eigenvalue weighted by Gasteiger charge is -2.26. The molecule has 0 saturated carbocycles. The second-order valence-electron chi connectivity index (χ2n) is 5.00. The lowest BCUT2D eigenvalue weighted by Crippen LogP contribution is -2.34. The van der Waals surface area contributed by atoms with Crippen LogP contribution in [-0.4, -0.2) is 46.8 Å². The molecule has 120 valence electrons. The average Bonchev–Trinajstić information content (AvgIpc) is 2.30. The van der Waals surface area contributed by atoms with Crippen molar-refractivity contribution in [1.82, 2.24) is 0 Å². The molecule has 2 N–H and O–H groups in total. The molecule has 0 aromatic rings. The van der Waals surface area contributed by atoms with Gasteiger partial charge < -0.3 is 19.7 Å². The van der Waals surface area contributed by atoms with Gasteiger partial charge in [-0.2, -0.15) is 0 Å². The Balaban J connectivity index is 4.45. The van der Waals surface area contributed by atoms with Crippen LogP contribution in [0.15, 0.2) is 0 Å². The molecule has 21 heavy (non-hydrogen) atoms. The lowest BCUT2D eigenvalue weighted by atomic mass is 9.95. The Morgan fingerprint density at radius 3 is 1.81 bits per heavy atom. The number of carboxylic acids is 2. The standard InChI is InChI=1S/C13H20O8/c1-7(2)13(21-12(19)5-10(16)17)8(3)6-20-11(18)4-9(14)15/h7-8,13H,4-6H2,1-3H3,(H,14,15)(H,16,17). The van der Waals surface area contributed by atoms with E-state index in [0.29, 0.717) is 0 Å². The van der Waals surface area contributed by atoms with Gasteiger partial charge in [-0.25, -0.2) is 0 Å². The van der Waals surface area contributed by atoms with Crippen molar-refractivity contribution < 1.29 is 38.9 Å². The summed E-state index contributed by atoms with van der Waals surface area (Å²) >= 11 is 0. The van der Waals surface area contributed by atoms with Gasteiger partial charge in [0, 0.05) is 5.92 Å². The van der Waals surface area contributed by atoms with Crippen LogP contribution >= 0.6 is 0 Å². The molecule has 0 heterocycles. The molecule has 2 atom stereocenters. The van der Waals surface area contributed by atoms with E-state index in [4.69, 9.17) is 19.7 Å². The van der Waals surface area contributed by atoms with Crippen molar-refractivity contribution in [3.8, 4) is 0 Å².